The Morgan fingerprint density at radius 1 is 1.56 bits per heavy atom. The van der Waals surface area contributed by atoms with Gasteiger partial charge in [-0.25, -0.2) is 17.7 Å². The van der Waals surface area contributed by atoms with Gasteiger partial charge in [-0.05, 0) is 12.1 Å². The minimum absolute atomic E-state index is 0.00888. The van der Waals surface area contributed by atoms with Gasteiger partial charge in [-0.1, -0.05) is 11.6 Å². The fourth-order valence-electron chi connectivity index (χ4n) is 1.20. The predicted molar refractivity (Wildman–Crippen MR) is 65.7 cm³/mol. The van der Waals surface area contributed by atoms with Crippen LogP contribution in [0, 0.1) is 0 Å². The van der Waals surface area contributed by atoms with E-state index in [0.717, 1.165) is 4.31 Å². The van der Waals surface area contributed by atoms with E-state index in [4.69, 9.17) is 11.6 Å². The molecule has 6 nitrogen and oxygen atoms in total. The van der Waals surface area contributed by atoms with Gasteiger partial charge in [-0.15, -0.1) is 0 Å². The van der Waals surface area contributed by atoms with Crippen LogP contribution in [0.5, 0.6) is 0 Å². The molecule has 0 bridgehead atoms. The molecule has 100 valence electrons. The molecular formula is C10H13ClN2O4S. The van der Waals surface area contributed by atoms with Gasteiger partial charge in [0.2, 0.25) is 10.0 Å². The van der Waals surface area contributed by atoms with Gasteiger partial charge in [0.05, 0.1) is 18.4 Å². The predicted octanol–water partition coefficient (Wildman–Crippen LogP) is 0.919. The summed E-state index contributed by atoms with van der Waals surface area (Å²) in [6, 6.07) is 2.60. The standard InChI is InChI=1S/C10H13ClN2O4S/c1-13(6-4-10(14)17-2)18(15,16)8-3-5-12-9(11)7-8/h3,5,7H,4,6H2,1-2H3. The molecule has 1 aromatic heterocycles. The zero-order valence-electron chi connectivity index (χ0n) is 9.96. The molecule has 1 rings (SSSR count). The lowest BCUT2D eigenvalue weighted by Gasteiger charge is -2.16. The summed E-state index contributed by atoms with van der Waals surface area (Å²) in [5, 5.41) is 0.0949. The first-order valence-electron chi connectivity index (χ1n) is 5.02. The fraction of sp³-hybridized carbons (Fsp3) is 0.400. The van der Waals surface area contributed by atoms with Crippen molar-refractivity contribution in [3.63, 3.8) is 0 Å². The zero-order chi connectivity index (χ0) is 13.8. The molecule has 1 aromatic rings. The van der Waals surface area contributed by atoms with Crippen LogP contribution in [0.1, 0.15) is 6.42 Å². The lowest BCUT2D eigenvalue weighted by Crippen LogP contribution is -2.29. The van der Waals surface area contributed by atoms with Crippen molar-refractivity contribution in [2.24, 2.45) is 0 Å². The van der Waals surface area contributed by atoms with Crippen LogP contribution in [-0.4, -0.2) is 44.4 Å². The first-order valence-corrected chi connectivity index (χ1v) is 6.84. The van der Waals surface area contributed by atoms with Crippen molar-refractivity contribution in [2.45, 2.75) is 11.3 Å². The molecule has 0 radical (unpaired) electrons. The molecule has 0 N–H and O–H groups in total. The number of sulfonamides is 1. The monoisotopic (exact) mass is 292 g/mol. The summed E-state index contributed by atoms with van der Waals surface area (Å²) >= 11 is 5.64. The van der Waals surface area contributed by atoms with Gasteiger partial charge in [0, 0.05) is 19.8 Å². The second-order valence-corrected chi connectivity index (χ2v) is 5.90. The van der Waals surface area contributed by atoms with Crippen molar-refractivity contribution in [3.05, 3.63) is 23.5 Å². The van der Waals surface area contributed by atoms with E-state index in [2.05, 4.69) is 9.72 Å². The average molecular weight is 293 g/mol. The molecule has 0 spiro atoms. The topological polar surface area (TPSA) is 76.6 Å². The Labute approximate surface area is 111 Å². The summed E-state index contributed by atoms with van der Waals surface area (Å²) in [7, 11) is -1.03. The lowest BCUT2D eigenvalue weighted by atomic mass is 10.4. The number of methoxy groups -OCH3 is 1. The van der Waals surface area contributed by atoms with Gasteiger partial charge in [-0.2, -0.15) is 0 Å². The Kier molecular flexibility index (Phi) is 5.06. The van der Waals surface area contributed by atoms with E-state index in [1.165, 1.54) is 32.5 Å². The molecule has 0 aliphatic rings. The lowest BCUT2D eigenvalue weighted by molar-refractivity contribution is -0.140. The smallest absolute Gasteiger partial charge is 0.306 e. The number of ether oxygens (including phenoxy) is 1. The van der Waals surface area contributed by atoms with E-state index in [9.17, 15) is 13.2 Å². The van der Waals surface area contributed by atoms with Gasteiger partial charge in [0.15, 0.2) is 0 Å². The van der Waals surface area contributed by atoms with Crippen molar-refractivity contribution in [1.82, 2.24) is 9.29 Å². The average Bonchev–Trinajstić information content (AvgIpc) is 2.35. The fourth-order valence-corrected chi connectivity index (χ4v) is 2.62. The van der Waals surface area contributed by atoms with Crippen molar-refractivity contribution < 1.29 is 17.9 Å². The highest BCUT2D eigenvalue weighted by Gasteiger charge is 2.21. The SMILES string of the molecule is COC(=O)CCN(C)S(=O)(=O)c1ccnc(Cl)c1. The Bertz CT molecular complexity index is 532. The number of nitrogens with zero attached hydrogens (tertiary/aromatic N) is 2. The Morgan fingerprint density at radius 3 is 2.78 bits per heavy atom. The van der Waals surface area contributed by atoms with E-state index >= 15 is 0 Å². The number of halogens is 1. The third kappa shape index (κ3) is 3.66. The largest absolute Gasteiger partial charge is 0.469 e. The van der Waals surface area contributed by atoms with Crippen LogP contribution in [0.15, 0.2) is 23.2 Å². The van der Waals surface area contributed by atoms with Gasteiger partial charge in [0.25, 0.3) is 0 Å². The van der Waals surface area contributed by atoms with Crippen LogP contribution in [0.3, 0.4) is 0 Å². The number of carbonyl (C=O) groups is 1. The van der Waals surface area contributed by atoms with E-state index in [1.54, 1.807) is 0 Å². The molecule has 8 heteroatoms. The number of hydrogen-bond donors (Lipinski definition) is 0. The normalized spacial score (nSPS) is 11.6. The highest BCUT2D eigenvalue weighted by molar-refractivity contribution is 7.89. The van der Waals surface area contributed by atoms with Crippen molar-refractivity contribution in [3.8, 4) is 0 Å². The van der Waals surface area contributed by atoms with Crippen LogP contribution < -0.4 is 0 Å². The third-order valence-electron chi connectivity index (χ3n) is 2.26. The Balaban J connectivity index is 2.83. The van der Waals surface area contributed by atoms with E-state index in [0.29, 0.717) is 0 Å². The first-order chi connectivity index (χ1) is 8.37. The van der Waals surface area contributed by atoms with Gasteiger partial charge >= 0.3 is 5.97 Å². The molecule has 0 aliphatic carbocycles. The molecule has 18 heavy (non-hydrogen) atoms. The summed E-state index contributed by atoms with van der Waals surface area (Å²) in [6.07, 6.45) is 1.30. The summed E-state index contributed by atoms with van der Waals surface area (Å²) in [6.45, 7) is 0.0367. The quantitative estimate of drug-likeness (QED) is 0.596. The van der Waals surface area contributed by atoms with Gasteiger partial charge in [0.1, 0.15) is 5.15 Å². The second kappa shape index (κ2) is 6.12. The van der Waals surface area contributed by atoms with Crippen molar-refractivity contribution in [1.29, 1.82) is 0 Å². The third-order valence-corrected chi connectivity index (χ3v) is 4.32. The minimum atomic E-state index is -3.66. The van der Waals surface area contributed by atoms with Crippen LogP contribution in [-0.2, 0) is 19.6 Å². The summed E-state index contributed by atoms with van der Waals surface area (Å²) in [5.41, 5.74) is 0. The van der Waals surface area contributed by atoms with Crippen LogP contribution in [0.4, 0.5) is 0 Å². The molecule has 0 aliphatic heterocycles. The summed E-state index contributed by atoms with van der Waals surface area (Å²) in [4.78, 5) is 14.7. The molecule has 0 unspecified atom stereocenters. The highest BCUT2D eigenvalue weighted by atomic mass is 35.5. The molecular weight excluding hydrogens is 280 g/mol. The number of pyridine rings is 1. The molecule has 0 fully saturated rings. The maximum absolute atomic E-state index is 12.1. The Morgan fingerprint density at radius 2 is 2.22 bits per heavy atom. The molecule has 0 amide bonds. The molecule has 1 heterocycles. The van der Waals surface area contributed by atoms with Crippen LogP contribution >= 0.6 is 11.6 Å². The van der Waals surface area contributed by atoms with E-state index in [-0.39, 0.29) is 23.0 Å². The molecule has 0 saturated carbocycles. The van der Waals surface area contributed by atoms with Crippen molar-refractivity contribution in [2.75, 3.05) is 20.7 Å². The maximum Gasteiger partial charge on any atom is 0.306 e. The second-order valence-electron chi connectivity index (χ2n) is 3.47. The number of hydrogen-bond acceptors (Lipinski definition) is 5. The van der Waals surface area contributed by atoms with Crippen LogP contribution in [0.2, 0.25) is 5.15 Å². The number of esters is 1. The summed E-state index contributed by atoms with van der Waals surface area (Å²) in [5.74, 6) is -0.468. The number of carbonyl (C=O) groups excluding carboxylic acids is 1. The molecule has 0 saturated heterocycles. The first kappa shape index (κ1) is 14.9. The molecule has 0 aromatic carbocycles. The Hall–Kier alpha value is -1.18. The van der Waals surface area contributed by atoms with Crippen LogP contribution in [0.25, 0.3) is 0 Å². The maximum atomic E-state index is 12.1. The number of aromatic nitrogens is 1. The zero-order valence-corrected chi connectivity index (χ0v) is 11.5. The number of rotatable bonds is 5. The van der Waals surface area contributed by atoms with Gasteiger partial charge in [-0.3, -0.25) is 4.79 Å². The van der Waals surface area contributed by atoms with E-state index < -0.39 is 16.0 Å². The van der Waals surface area contributed by atoms with E-state index in [1.807, 2.05) is 0 Å². The highest BCUT2D eigenvalue weighted by Crippen LogP contribution is 2.16. The summed E-state index contributed by atoms with van der Waals surface area (Å²) < 4.78 is 29.7. The van der Waals surface area contributed by atoms with Crippen molar-refractivity contribution >= 4 is 27.6 Å². The minimum Gasteiger partial charge on any atom is -0.469 e. The molecule has 0 atom stereocenters. The van der Waals surface area contributed by atoms with Gasteiger partial charge < -0.3 is 4.74 Å².